The number of carbonyl (C=O) groups is 2. The first-order chi connectivity index (χ1) is 19.4. The van der Waals surface area contributed by atoms with Crippen molar-refractivity contribution in [3.63, 3.8) is 0 Å². The monoisotopic (exact) mass is 567 g/mol. The van der Waals surface area contributed by atoms with Crippen molar-refractivity contribution in [2.45, 2.75) is 84.3 Å². The van der Waals surface area contributed by atoms with E-state index in [0.717, 1.165) is 12.0 Å². The summed E-state index contributed by atoms with van der Waals surface area (Å²) in [5.41, 5.74) is -0.318. The maximum atomic E-state index is 13.3. The van der Waals surface area contributed by atoms with Crippen LogP contribution >= 0.6 is 0 Å². The van der Waals surface area contributed by atoms with Gasteiger partial charge in [-0.1, -0.05) is 76.3 Å². The molecule has 4 rings (SSSR count). The molecule has 226 valence electrons. The summed E-state index contributed by atoms with van der Waals surface area (Å²) in [4.78, 5) is 42.8. The standard InChI is InChI=1S/C31H43N3O4.C2H6O/c1-30(2)21-33(27(35)16-15-23-11-7-5-8-12-23)18-17-31(30,38)22-34-20-26(29(37)32(3)4)25(19-28(34)36)24-13-9-6-10-14-24;1-2-3/h6,9-10,13-14,19-20,23,38H,5,7-8,11-12,15-18,21-22H2,1-4H3;3H,2H2,1H3. The van der Waals surface area contributed by atoms with Gasteiger partial charge in [0.15, 0.2) is 0 Å². The number of aliphatic hydroxyl groups excluding tert-OH is 1. The number of nitrogens with zero attached hydrogens (tertiary/aromatic N) is 3. The van der Waals surface area contributed by atoms with E-state index in [4.69, 9.17) is 5.11 Å². The number of piperidine rings is 1. The van der Waals surface area contributed by atoms with Crippen LogP contribution in [0.5, 0.6) is 0 Å². The second kappa shape index (κ2) is 14.3. The highest BCUT2D eigenvalue weighted by atomic mass is 16.3. The van der Waals surface area contributed by atoms with Crippen LogP contribution in [0.25, 0.3) is 11.1 Å². The summed E-state index contributed by atoms with van der Waals surface area (Å²) in [7, 11) is 3.37. The Morgan fingerprint density at radius 2 is 1.71 bits per heavy atom. The van der Waals surface area contributed by atoms with Gasteiger partial charge in [0.2, 0.25) is 5.91 Å². The third-order valence-electron chi connectivity index (χ3n) is 8.76. The summed E-state index contributed by atoms with van der Waals surface area (Å²) >= 11 is 0. The van der Waals surface area contributed by atoms with Crippen LogP contribution in [0.2, 0.25) is 0 Å². The molecule has 8 heteroatoms. The van der Waals surface area contributed by atoms with Crippen molar-refractivity contribution >= 4 is 11.8 Å². The molecule has 2 amide bonds. The van der Waals surface area contributed by atoms with Crippen LogP contribution in [0.3, 0.4) is 0 Å². The van der Waals surface area contributed by atoms with Gasteiger partial charge in [-0.2, -0.15) is 0 Å². The van der Waals surface area contributed by atoms with Crippen LogP contribution in [0.15, 0.2) is 47.4 Å². The fourth-order valence-electron chi connectivity index (χ4n) is 6.08. The molecule has 1 unspecified atom stereocenters. The Morgan fingerprint density at radius 3 is 2.29 bits per heavy atom. The Morgan fingerprint density at radius 1 is 1.07 bits per heavy atom. The highest BCUT2D eigenvalue weighted by molar-refractivity contribution is 6.00. The molecular formula is C33H49N3O5. The largest absolute Gasteiger partial charge is 0.397 e. The van der Waals surface area contributed by atoms with E-state index in [0.29, 0.717) is 43.0 Å². The van der Waals surface area contributed by atoms with Crippen LogP contribution in [-0.4, -0.2) is 75.8 Å². The molecule has 1 aliphatic heterocycles. The summed E-state index contributed by atoms with van der Waals surface area (Å²) in [6, 6.07) is 10.9. The van der Waals surface area contributed by atoms with Crippen LogP contribution in [-0.2, 0) is 11.3 Å². The van der Waals surface area contributed by atoms with E-state index < -0.39 is 11.0 Å². The quantitative estimate of drug-likeness (QED) is 0.511. The molecule has 2 aromatic rings. The summed E-state index contributed by atoms with van der Waals surface area (Å²) in [5.74, 6) is 0.614. The fourth-order valence-corrected chi connectivity index (χ4v) is 6.08. The lowest BCUT2D eigenvalue weighted by Gasteiger charge is -2.50. The van der Waals surface area contributed by atoms with Gasteiger partial charge in [-0.3, -0.25) is 14.4 Å². The molecule has 1 aromatic carbocycles. The van der Waals surface area contributed by atoms with Gasteiger partial charge in [0.1, 0.15) is 0 Å². The molecule has 1 aromatic heterocycles. The molecule has 1 atom stereocenters. The molecule has 1 aliphatic carbocycles. The molecule has 2 fully saturated rings. The molecule has 2 heterocycles. The zero-order valence-electron chi connectivity index (χ0n) is 25.6. The van der Waals surface area contributed by atoms with E-state index in [2.05, 4.69) is 0 Å². The lowest BCUT2D eigenvalue weighted by Crippen LogP contribution is -2.60. The molecule has 2 aliphatic rings. The van der Waals surface area contributed by atoms with Crippen LogP contribution in [0, 0.1) is 11.3 Å². The minimum Gasteiger partial charge on any atom is -0.397 e. The van der Waals surface area contributed by atoms with Gasteiger partial charge in [-0.05, 0) is 31.2 Å². The number of pyridine rings is 1. The Bertz CT molecular complexity index is 1220. The Balaban J connectivity index is 0.00000147. The summed E-state index contributed by atoms with van der Waals surface area (Å²) in [6.45, 7) is 6.81. The number of hydrogen-bond donors (Lipinski definition) is 2. The molecular weight excluding hydrogens is 518 g/mol. The number of hydrogen-bond acceptors (Lipinski definition) is 5. The number of aliphatic hydroxyl groups is 2. The molecule has 0 radical (unpaired) electrons. The fraction of sp³-hybridized carbons (Fsp3) is 0.606. The maximum Gasteiger partial charge on any atom is 0.255 e. The highest BCUT2D eigenvalue weighted by Gasteiger charge is 2.49. The maximum absolute atomic E-state index is 13.3. The summed E-state index contributed by atoms with van der Waals surface area (Å²) in [5, 5.41) is 19.4. The van der Waals surface area contributed by atoms with Crippen molar-refractivity contribution in [2.24, 2.45) is 11.3 Å². The zero-order valence-corrected chi connectivity index (χ0v) is 25.6. The summed E-state index contributed by atoms with van der Waals surface area (Å²) in [6.07, 6.45) is 9.80. The third kappa shape index (κ3) is 8.07. The van der Waals surface area contributed by atoms with E-state index >= 15 is 0 Å². The lowest BCUT2D eigenvalue weighted by atomic mass is 9.69. The van der Waals surface area contributed by atoms with Gasteiger partial charge in [-0.15, -0.1) is 0 Å². The van der Waals surface area contributed by atoms with Gasteiger partial charge in [-0.25, -0.2) is 0 Å². The first-order valence-electron chi connectivity index (χ1n) is 15.0. The van der Waals surface area contributed by atoms with Gasteiger partial charge < -0.3 is 24.6 Å². The van der Waals surface area contributed by atoms with Crippen LogP contribution in [0.1, 0.15) is 82.5 Å². The number of carbonyl (C=O) groups excluding carboxylic acids is 2. The Labute approximate surface area is 245 Å². The predicted molar refractivity (Wildman–Crippen MR) is 163 cm³/mol. The smallest absolute Gasteiger partial charge is 0.255 e. The van der Waals surface area contributed by atoms with Crippen molar-refractivity contribution in [2.75, 3.05) is 33.8 Å². The van der Waals surface area contributed by atoms with Crippen LogP contribution in [0.4, 0.5) is 0 Å². The Kier molecular flexibility index (Phi) is 11.3. The van der Waals surface area contributed by atoms with E-state index in [1.54, 1.807) is 27.2 Å². The van der Waals surface area contributed by atoms with Crippen LogP contribution < -0.4 is 5.56 Å². The van der Waals surface area contributed by atoms with Crippen molar-refractivity contribution in [1.82, 2.24) is 14.4 Å². The highest BCUT2D eigenvalue weighted by Crippen LogP contribution is 2.40. The molecule has 0 spiro atoms. The molecule has 0 bridgehead atoms. The number of likely N-dealkylation sites (tertiary alicyclic amines) is 1. The van der Waals surface area contributed by atoms with Crippen molar-refractivity contribution in [3.05, 3.63) is 58.5 Å². The topological polar surface area (TPSA) is 103 Å². The van der Waals surface area contributed by atoms with E-state index in [-0.39, 0.29) is 30.5 Å². The normalized spacial score (nSPS) is 20.6. The number of benzene rings is 1. The average Bonchev–Trinajstić information content (AvgIpc) is 2.95. The molecule has 1 saturated carbocycles. The Hall–Kier alpha value is -2.97. The SMILES string of the molecule is CCO.CN(C)C(=O)c1cn(CC2(O)CCN(C(=O)CCC3CCCCC3)CC2(C)C)c(=O)cc1-c1ccccc1. The number of aromatic nitrogens is 1. The minimum atomic E-state index is -1.20. The van der Waals surface area contributed by atoms with Crippen molar-refractivity contribution in [1.29, 1.82) is 0 Å². The van der Waals surface area contributed by atoms with E-state index in [1.807, 2.05) is 49.1 Å². The second-order valence-corrected chi connectivity index (χ2v) is 12.5. The first kappa shape index (κ1) is 32.5. The predicted octanol–water partition coefficient (Wildman–Crippen LogP) is 4.57. The van der Waals surface area contributed by atoms with Gasteiger partial charge in [0, 0.05) is 63.5 Å². The average molecular weight is 568 g/mol. The lowest BCUT2D eigenvalue weighted by molar-refractivity contribution is -0.154. The first-order valence-corrected chi connectivity index (χ1v) is 15.0. The second-order valence-electron chi connectivity index (χ2n) is 12.5. The van der Waals surface area contributed by atoms with Crippen molar-refractivity contribution in [3.8, 4) is 11.1 Å². The summed E-state index contributed by atoms with van der Waals surface area (Å²) < 4.78 is 1.46. The molecule has 8 nitrogen and oxygen atoms in total. The van der Waals surface area contributed by atoms with E-state index in [1.165, 1.54) is 47.6 Å². The van der Waals surface area contributed by atoms with Gasteiger partial charge in [0.25, 0.3) is 11.5 Å². The zero-order chi connectivity index (χ0) is 30.2. The van der Waals surface area contributed by atoms with Crippen molar-refractivity contribution < 1.29 is 19.8 Å². The third-order valence-corrected chi connectivity index (χ3v) is 8.76. The number of rotatable bonds is 7. The molecule has 41 heavy (non-hydrogen) atoms. The van der Waals surface area contributed by atoms with Gasteiger partial charge >= 0.3 is 0 Å². The minimum absolute atomic E-state index is 0.0612. The van der Waals surface area contributed by atoms with E-state index in [9.17, 15) is 19.5 Å². The molecule has 1 saturated heterocycles. The van der Waals surface area contributed by atoms with Gasteiger partial charge in [0.05, 0.1) is 17.7 Å². The molecule has 2 N–H and O–H groups in total. The number of amides is 2.